The molecule has 0 heteroatoms. The van der Waals surface area contributed by atoms with E-state index in [1.54, 1.807) is 0 Å². The predicted molar refractivity (Wildman–Crippen MR) is 93.0 cm³/mol. The molecule has 21 heavy (non-hydrogen) atoms. The Morgan fingerprint density at radius 3 is 2.24 bits per heavy atom. The van der Waals surface area contributed by atoms with Crippen LogP contribution >= 0.6 is 0 Å². The van der Waals surface area contributed by atoms with E-state index in [0.717, 1.165) is 6.42 Å². The standard InChI is InChI=1S/C21H18/c1-2-6-15-8-5-9-17-14-21-18(13-20(15)17)12-11-16-7-3-4-10-19(16)21/h3-5,7-14H,2,6H2,1H3. The van der Waals surface area contributed by atoms with Crippen molar-refractivity contribution in [3.8, 4) is 0 Å². The van der Waals surface area contributed by atoms with Crippen LogP contribution in [0.5, 0.6) is 0 Å². The minimum Gasteiger partial charge on any atom is -0.0651 e. The molecule has 0 fully saturated rings. The molecule has 0 saturated heterocycles. The van der Waals surface area contributed by atoms with E-state index in [0.29, 0.717) is 0 Å². The summed E-state index contributed by atoms with van der Waals surface area (Å²) in [6.45, 7) is 2.24. The lowest BCUT2D eigenvalue weighted by molar-refractivity contribution is 0.930. The third-order valence-electron chi connectivity index (χ3n) is 4.35. The zero-order valence-corrected chi connectivity index (χ0v) is 12.3. The van der Waals surface area contributed by atoms with Crippen LogP contribution in [0.2, 0.25) is 0 Å². The van der Waals surface area contributed by atoms with Crippen molar-refractivity contribution in [3.05, 3.63) is 72.3 Å². The van der Waals surface area contributed by atoms with Crippen molar-refractivity contribution in [3.63, 3.8) is 0 Å². The van der Waals surface area contributed by atoms with E-state index in [9.17, 15) is 0 Å². The molecular weight excluding hydrogens is 252 g/mol. The summed E-state index contributed by atoms with van der Waals surface area (Å²) in [5.41, 5.74) is 1.46. The van der Waals surface area contributed by atoms with Gasteiger partial charge in [-0.15, -0.1) is 0 Å². The zero-order chi connectivity index (χ0) is 14.2. The molecule has 0 heterocycles. The van der Waals surface area contributed by atoms with E-state index in [4.69, 9.17) is 0 Å². The fraction of sp³-hybridized carbons (Fsp3) is 0.143. The van der Waals surface area contributed by atoms with Crippen LogP contribution in [0.25, 0.3) is 32.3 Å². The Morgan fingerprint density at radius 1 is 0.619 bits per heavy atom. The highest BCUT2D eigenvalue weighted by Gasteiger charge is 2.05. The van der Waals surface area contributed by atoms with E-state index in [2.05, 4.69) is 73.7 Å². The average Bonchev–Trinajstić information content (AvgIpc) is 2.54. The average molecular weight is 270 g/mol. The molecule has 0 bridgehead atoms. The predicted octanol–water partition coefficient (Wildman–Crippen LogP) is 6.10. The zero-order valence-electron chi connectivity index (χ0n) is 12.3. The summed E-state index contributed by atoms with van der Waals surface area (Å²) >= 11 is 0. The fourth-order valence-corrected chi connectivity index (χ4v) is 3.33. The number of benzene rings is 4. The Balaban J connectivity index is 2.12. The SMILES string of the molecule is CCCc1cccc2cc3c(ccc4ccccc43)cc12. The highest BCUT2D eigenvalue weighted by Crippen LogP contribution is 2.31. The lowest BCUT2D eigenvalue weighted by Crippen LogP contribution is -1.87. The van der Waals surface area contributed by atoms with Crippen LogP contribution in [0.15, 0.2) is 66.7 Å². The summed E-state index contributed by atoms with van der Waals surface area (Å²) in [5.74, 6) is 0. The number of hydrogen-bond acceptors (Lipinski definition) is 0. The molecule has 0 saturated carbocycles. The van der Waals surface area contributed by atoms with Crippen LogP contribution in [-0.2, 0) is 6.42 Å². The summed E-state index contributed by atoms with van der Waals surface area (Å²) in [6.07, 6.45) is 2.34. The minimum atomic E-state index is 1.15. The van der Waals surface area contributed by atoms with E-state index < -0.39 is 0 Å². The number of fused-ring (bicyclic) bond motifs is 4. The molecule has 0 aliphatic heterocycles. The molecular formula is C21H18. The van der Waals surface area contributed by atoms with Gasteiger partial charge in [0.05, 0.1) is 0 Å². The second kappa shape index (κ2) is 4.89. The van der Waals surface area contributed by atoms with E-state index in [1.165, 1.54) is 44.3 Å². The Labute approximate surface area is 125 Å². The van der Waals surface area contributed by atoms with Gasteiger partial charge in [0.25, 0.3) is 0 Å². The molecule has 4 aromatic carbocycles. The van der Waals surface area contributed by atoms with Gasteiger partial charge >= 0.3 is 0 Å². The first-order chi connectivity index (χ1) is 10.4. The van der Waals surface area contributed by atoms with Crippen molar-refractivity contribution in [2.45, 2.75) is 19.8 Å². The molecule has 0 atom stereocenters. The third-order valence-corrected chi connectivity index (χ3v) is 4.35. The Morgan fingerprint density at radius 2 is 1.33 bits per heavy atom. The molecule has 0 aromatic heterocycles. The summed E-state index contributed by atoms with van der Waals surface area (Å²) < 4.78 is 0. The molecule has 0 N–H and O–H groups in total. The van der Waals surface area contributed by atoms with Gasteiger partial charge in [0.2, 0.25) is 0 Å². The summed E-state index contributed by atoms with van der Waals surface area (Å²) in [5, 5.41) is 8.11. The molecule has 0 aliphatic rings. The van der Waals surface area contributed by atoms with Crippen molar-refractivity contribution in [2.75, 3.05) is 0 Å². The van der Waals surface area contributed by atoms with Gasteiger partial charge in [-0.1, -0.05) is 67.9 Å². The van der Waals surface area contributed by atoms with E-state index in [-0.39, 0.29) is 0 Å². The van der Waals surface area contributed by atoms with Crippen molar-refractivity contribution in [1.29, 1.82) is 0 Å². The highest BCUT2D eigenvalue weighted by molar-refractivity contribution is 6.12. The smallest absolute Gasteiger partial charge is 0.00990 e. The normalized spacial score (nSPS) is 11.5. The lowest BCUT2D eigenvalue weighted by atomic mass is 9.95. The van der Waals surface area contributed by atoms with Gasteiger partial charge in [-0.2, -0.15) is 0 Å². The molecule has 0 nitrogen and oxygen atoms in total. The fourth-order valence-electron chi connectivity index (χ4n) is 3.33. The van der Waals surface area contributed by atoms with Gasteiger partial charge in [0, 0.05) is 0 Å². The third kappa shape index (κ3) is 1.99. The van der Waals surface area contributed by atoms with Crippen molar-refractivity contribution >= 4 is 32.3 Å². The number of hydrogen-bond donors (Lipinski definition) is 0. The Hall–Kier alpha value is -2.34. The monoisotopic (exact) mass is 270 g/mol. The molecule has 4 aromatic rings. The lowest BCUT2D eigenvalue weighted by Gasteiger charge is -2.09. The Kier molecular flexibility index (Phi) is 2.89. The molecule has 0 aliphatic carbocycles. The second-order valence-corrected chi connectivity index (χ2v) is 5.75. The van der Waals surface area contributed by atoms with Crippen LogP contribution < -0.4 is 0 Å². The Bertz CT molecular complexity index is 948. The molecule has 4 rings (SSSR count). The van der Waals surface area contributed by atoms with E-state index >= 15 is 0 Å². The highest BCUT2D eigenvalue weighted by atomic mass is 14.1. The minimum absolute atomic E-state index is 1.15. The summed E-state index contributed by atoms with van der Waals surface area (Å²) in [7, 11) is 0. The van der Waals surface area contributed by atoms with Crippen molar-refractivity contribution in [2.24, 2.45) is 0 Å². The van der Waals surface area contributed by atoms with Crippen LogP contribution in [0.1, 0.15) is 18.9 Å². The molecule has 0 spiro atoms. The molecule has 102 valence electrons. The molecule has 0 amide bonds. The quantitative estimate of drug-likeness (QED) is 0.305. The van der Waals surface area contributed by atoms with Gasteiger partial charge < -0.3 is 0 Å². The summed E-state index contributed by atoms with van der Waals surface area (Å²) in [4.78, 5) is 0. The number of rotatable bonds is 2. The molecule has 0 unspecified atom stereocenters. The first-order valence-corrected chi connectivity index (χ1v) is 7.70. The van der Waals surface area contributed by atoms with Gasteiger partial charge in [-0.05, 0) is 56.4 Å². The molecule has 0 radical (unpaired) electrons. The topological polar surface area (TPSA) is 0 Å². The van der Waals surface area contributed by atoms with Gasteiger partial charge in [-0.3, -0.25) is 0 Å². The maximum atomic E-state index is 2.36. The van der Waals surface area contributed by atoms with Gasteiger partial charge in [0.15, 0.2) is 0 Å². The van der Waals surface area contributed by atoms with Crippen LogP contribution in [-0.4, -0.2) is 0 Å². The van der Waals surface area contributed by atoms with E-state index in [1.807, 2.05) is 0 Å². The maximum absolute atomic E-state index is 2.36. The van der Waals surface area contributed by atoms with Crippen LogP contribution in [0.4, 0.5) is 0 Å². The van der Waals surface area contributed by atoms with Crippen LogP contribution in [0, 0.1) is 0 Å². The largest absolute Gasteiger partial charge is 0.0651 e. The van der Waals surface area contributed by atoms with Crippen molar-refractivity contribution in [1.82, 2.24) is 0 Å². The second-order valence-electron chi connectivity index (χ2n) is 5.75. The maximum Gasteiger partial charge on any atom is -0.00990 e. The van der Waals surface area contributed by atoms with Gasteiger partial charge in [0.1, 0.15) is 0 Å². The summed E-state index contributed by atoms with van der Waals surface area (Å²) in [6, 6.07) is 24.5. The number of aryl methyl sites for hydroxylation is 1. The first kappa shape index (κ1) is 12.4. The first-order valence-electron chi connectivity index (χ1n) is 7.70. The van der Waals surface area contributed by atoms with Crippen molar-refractivity contribution < 1.29 is 0 Å². The van der Waals surface area contributed by atoms with Gasteiger partial charge in [-0.25, -0.2) is 0 Å². The van der Waals surface area contributed by atoms with Crippen LogP contribution in [0.3, 0.4) is 0 Å².